The molecule has 124 valence electrons. The molecule has 0 aliphatic rings. The van der Waals surface area contributed by atoms with Crippen molar-refractivity contribution < 1.29 is 14.3 Å². The summed E-state index contributed by atoms with van der Waals surface area (Å²) in [5.74, 6) is 0.0699. The number of ether oxygens (including phenoxy) is 2. The van der Waals surface area contributed by atoms with Crippen LogP contribution in [0.25, 0.3) is 10.9 Å². The number of hydrogen-bond donors (Lipinski definition) is 2. The van der Waals surface area contributed by atoms with Gasteiger partial charge in [-0.3, -0.25) is 5.10 Å². The van der Waals surface area contributed by atoms with Crippen LogP contribution in [0.2, 0.25) is 0 Å². The van der Waals surface area contributed by atoms with Crippen molar-refractivity contribution in [3.05, 3.63) is 23.9 Å². The smallest absolute Gasteiger partial charge is 0.341 e. The summed E-state index contributed by atoms with van der Waals surface area (Å²) in [6, 6.07) is 3.47. The molecule has 0 aliphatic heterocycles. The maximum absolute atomic E-state index is 12.0. The van der Waals surface area contributed by atoms with Crippen LogP contribution >= 0.6 is 24.8 Å². The first-order chi connectivity index (χ1) is 9.69. The minimum atomic E-state index is -0.411. The fourth-order valence-electron chi connectivity index (χ4n) is 1.91. The van der Waals surface area contributed by atoms with Gasteiger partial charge in [-0.05, 0) is 25.5 Å². The molecule has 2 rings (SSSR count). The van der Waals surface area contributed by atoms with Crippen LogP contribution in [0.1, 0.15) is 30.6 Å². The van der Waals surface area contributed by atoms with Gasteiger partial charge in [0.15, 0.2) is 0 Å². The molecule has 0 unspecified atom stereocenters. The molecule has 2 aromatic rings. The van der Waals surface area contributed by atoms with Gasteiger partial charge >= 0.3 is 5.97 Å². The van der Waals surface area contributed by atoms with Crippen molar-refractivity contribution in [3.63, 3.8) is 0 Å². The Morgan fingerprint density at radius 2 is 2.09 bits per heavy atom. The van der Waals surface area contributed by atoms with E-state index in [1.807, 2.05) is 6.92 Å². The number of rotatable bonds is 6. The third kappa shape index (κ3) is 4.50. The van der Waals surface area contributed by atoms with Crippen LogP contribution in [0.3, 0.4) is 0 Å². The first kappa shape index (κ1) is 20.5. The molecule has 1 atom stereocenters. The molecular weight excluding hydrogens is 329 g/mol. The zero-order chi connectivity index (χ0) is 14.5. The van der Waals surface area contributed by atoms with E-state index < -0.39 is 5.97 Å². The number of aromatic nitrogens is 2. The normalized spacial score (nSPS) is 11.2. The average molecular weight is 350 g/mol. The van der Waals surface area contributed by atoms with Gasteiger partial charge in [-0.25, -0.2) is 4.79 Å². The first-order valence-corrected chi connectivity index (χ1v) is 6.70. The zero-order valence-electron chi connectivity index (χ0n) is 12.5. The molecule has 0 bridgehead atoms. The number of carbonyl (C=O) groups excluding carboxylic acids is 1. The number of hydrogen-bond acceptors (Lipinski definition) is 5. The van der Waals surface area contributed by atoms with Crippen molar-refractivity contribution >= 4 is 41.7 Å². The third-order valence-corrected chi connectivity index (χ3v) is 3.05. The highest BCUT2D eigenvalue weighted by Gasteiger charge is 2.18. The number of esters is 1. The molecule has 0 radical (unpaired) electrons. The summed E-state index contributed by atoms with van der Waals surface area (Å²) >= 11 is 0. The lowest BCUT2D eigenvalue weighted by Gasteiger charge is -2.17. The molecule has 22 heavy (non-hydrogen) atoms. The van der Waals surface area contributed by atoms with Gasteiger partial charge < -0.3 is 15.2 Å². The molecule has 0 spiro atoms. The number of halogens is 2. The van der Waals surface area contributed by atoms with Crippen LogP contribution in [-0.2, 0) is 4.74 Å². The van der Waals surface area contributed by atoms with Gasteiger partial charge in [-0.2, -0.15) is 5.10 Å². The van der Waals surface area contributed by atoms with E-state index in [0.29, 0.717) is 24.5 Å². The Bertz CT molecular complexity index is 600. The van der Waals surface area contributed by atoms with Crippen molar-refractivity contribution in [3.8, 4) is 5.75 Å². The maximum Gasteiger partial charge on any atom is 0.341 e. The topological polar surface area (TPSA) is 90.2 Å². The number of nitrogens with one attached hydrogen (secondary N) is 1. The molecule has 6 nitrogen and oxygen atoms in total. The van der Waals surface area contributed by atoms with Crippen LogP contribution in [0.4, 0.5) is 0 Å². The first-order valence-electron chi connectivity index (χ1n) is 6.70. The Morgan fingerprint density at radius 1 is 1.36 bits per heavy atom. The minimum absolute atomic E-state index is 0. The van der Waals surface area contributed by atoms with Crippen LogP contribution in [0.5, 0.6) is 5.75 Å². The van der Waals surface area contributed by atoms with E-state index >= 15 is 0 Å². The lowest BCUT2D eigenvalue weighted by Crippen LogP contribution is -2.26. The fourth-order valence-corrected chi connectivity index (χ4v) is 1.91. The van der Waals surface area contributed by atoms with E-state index in [-0.39, 0.29) is 30.9 Å². The molecule has 0 saturated heterocycles. The second-order valence-corrected chi connectivity index (χ2v) is 4.41. The number of fused-ring (bicyclic) bond motifs is 1. The summed E-state index contributed by atoms with van der Waals surface area (Å²) in [5, 5.41) is 7.65. The fraction of sp³-hybridized carbons (Fsp3) is 0.429. The molecule has 1 aromatic carbocycles. The van der Waals surface area contributed by atoms with Gasteiger partial charge in [-0.15, -0.1) is 24.8 Å². The highest BCUT2D eigenvalue weighted by atomic mass is 35.5. The monoisotopic (exact) mass is 349 g/mol. The van der Waals surface area contributed by atoms with Crippen LogP contribution in [-0.4, -0.2) is 35.4 Å². The third-order valence-electron chi connectivity index (χ3n) is 3.05. The predicted molar refractivity (Wildman–Crippen MR) is 90.3 cm³/mol. The van der Waals surface area contributed by atoms with Gasteiger partial charge in [-0.1, -0.05) is 6.92 Å². The second-order valence-electron chi connectivity index (χ2n) is 4.41. The quantitative estimate of drug-likeness (QED) is 0.782. The lowest BCUT2D eigenvalue weighted by atomic mass is 10.1. The second kappa shape index (κ2) is 9.50. The Labute approximate surface area is 141 Å². The number of aromatic amines is 1. The van der Waals surface area contributed by atoms with Gasteiger partial charge in [0.1, 0.15) is 17.4 Å². The number of nitrogens with two attached hydrogens (primary N) is 1. The highest BCUT2D eigenvalue weighted by Crippen LogP contribution is 2.27. The molecule has 8 heteroatoms. The minimum Gasteiger partial charge on any atom is -0.488 e. The lowest BCUT2D eigenvalue weighted by molar-refractivity contribution is 0.0519. The van der Waals surface area contributed by atoms with Gasteiger partial charge in [0.25, 0.3) is 0 Å². The van der Waals surface area contributed by atoms with Gasteiger partial charge in [0.2, 0.25) is 0 Å². The largest absolute Gasteiger partial charge is 0.488 e. The number of carbonyl (C=O) groups is 1. The summed E-state index contributed by atoms with van der Waals surface area (Å²) < 4.78 is 10.9. The maximum atomic E-state index is 12.0. The predicted octanol–water partition coefficient (Wildman–Crippen LogP) is 2.70. The average Bonchev–Trinajstić information content (AvgIpc) is 2.91. The standard InChI is InChI=1S/C14H19N3O3.2ClH/c1-3-10(7-15)20-13-5-9-8-16-17-12(9)6-11(13)14(18)19-4-2;;/h5-6,8,10H,3-4,7,15H2,1-2H3,(H,16,17);2*1H/t10-;;/m1../s1. The molecule has 0 aliphatic carbocycles. The SMILES string of the molecule is CCOC(=O)c1cc2[nH]ncc2cc1O[C@H](CC)CN.Cl.Cl. The van der Waals surface area contributed by atoms with Crippen molar-refractivity contribution in [1.82, 2.24) is 10.2 Å². The Kier molecular flexibility index (Phi) is 8.86. The van der Waals surface area contributed by atoms with Crippen molar-refractivity contribution in [1.29, 1.82) is 0 Å². The number of benzene rings is 1. The van der Waals surface area contributed by atoms with Crippen LogP contribution in [0.15, 0.2) is 18.3 Å². The number of H-pyrrole nitrogens is 1. The molecule has 0 fully saturated rings. The summed E-state index contributed by atoms with van der Waals surface area (Å²) in [5.41, 5.74) is 6.80. The van der Waals surface area contributed by atoms with Crippen molar-refractivity contribution in [2.45, 2.75) is 26.4 Å². The molecule has 0 amide bonds. The molecule has 1 heterocycles. The van der Waals surface area contributed by atoms with Crippen molar-refractivity contribution in [2.24, 2.45) is 5.73 Å². The van der Waals surface area contributed by atoms with Crippen LogP contribution in [0, 0.1) is 0 Å². The van der Waals surface area contributed by atoms with E-state index in [0.717, 1.165) is 17.3 Å². The highest BCUT2D eigenvalue weighted by molar-refractivity contribution is 5.97. The van der Waals surface area contributed by atoms with Gasteiger partial charge in [0.05, 0.1) is 18.3 Å². The van der Waals surface area contributed by atoms with E-state index in [1.165, 1.54) is 0 Å². The van der Waals surface area contributed by atoms with Crippen molar-refractivity contribution in [2.75, 3.05) is 13.2 Å². The Morgan fingerprint density at radius 3 is 2.68 bits per heavy atom. The Hall–Kier alpha value is -1.50. The summed E-state index contributed by atoms with van der Waals surface area (Å²) in [6.07, 6.45) is 2.32. The summed E-state index contributed by atoms with van der Waals surface area (Å²) in [4.78, 5) is 12.0. The zero-order valence-corrected chi connectivity index (χ0v) is 14.1. The van der Waals surface area contributed by atoms with E-state index in [9.17, 15) is 4.79 Å². The van der Waals surface area contributed by atoms with Crippen LogP contribution < -0.4 is 10.5 Å². The van der Waals surface area contributed by atoms with E-state index in [2.05, 4.69) is 10.2 Å². The van der Waals surface area contributed by atoms with Gasteiger partial charge in [0, 0.05) is 11.9 Å². The molecular formula is C14H21Cl2N3O3. The Balaban J connectivity index is 0.00000220. The molecule has 1 aromatic heterocycles. The summed E-state index contributed by atoms with van der Waals surface area (Å²) in [7, 11) is 0. The number of nitrogens with zero attached hydrogens (tertiary/aromatic N) is 1. The van der Waals surface area contributed by atoms with E-state index in [4.69, 9.17) is 15.2 Å². The summed E-state index contributed by atoms with van der Waals surface area (Å²) in [6.45, 7) is 4.45. The molecule has 0 saturated carbocycles. The van der Waals surface area contributed by atoms with E-state index in [1.54, 1.807) is 25.3 Å². The molecule has 3 N–H and O–H groups in total.